The average molecular weight is 441 g/mol. The molecule has 1 aromatic carbocycles. The van der Waals surface area contributed by atoms with Crippen LogP contribution in [0.5, 0.6) is 0 Å². The van der Waals surface area contributed by atoms with Crippen LogP contribution in [-0.4, -0.2) is 26.6 Å². The fraction of sp³-hybridized carbons (Fsp3) is 0.238. The number of likely N-dealkylation sites (N-methyl/N-ethyl adjacent to an activating group) is 1. The summed E-state index contributed by atoms with van der Waals surface area (Å²) in [5.41, 5.74) is 5.85. The van der Waals surface area contributed by atoms with Gasteiger partial charge in [0.05, 0.1) is 17.8 Å². The number of nitrogens with one attached hydrogen (secondary N) is 1. The fourth-order valence-corrected chi connectivity index (χ4v) is 4.43. The summed E-state index contributed by atoms with van der Waals surface area (Å²) >= 11 is 9.08. The van der Waals surface area contributed by atoms with Gasteiger partial charge in [-0.2, -0.15) is 0 Å². The first-order chi connectivity index (χ1) is 13.0. The molecule has 4 rings (SSSR count). The third-order valence-corrected chi connectivity index (χ3v) is 6.15. The Morgan fingerprint density at radius 1 is 1.11 bits per heavy atom. The zero-order valence-corrected chi connectivity index (χ0v) is 17.9. The number of rotatable bonds is 3. The highest BCUT2D eigenvalue weighted by Crippen LogP contribution is 2.40. The van der Waals surface area contributed by atoms with E-state index in [1.165, 1.54) is 17.0 Å². The first kappa shape index (κ1) is 18.2. The number of thiocarbonyl (C=S) groups is 1. The highest BCUT2D eigenvalue weighted by Gasteiger charge is 2.39. The van der Waals surface area contributed by atoms with Gasteiger partial charge in [-0.25, -0.2) is 0 Å². The van der Waals surface area contributed by atoms with Gasteiger partial charge in [0.25, 0.3) is 0 Å². The maximum absolute atomic E-state index is 5.56. The van der Waals surface area contributed by atoms with Gasteiger partial charge >= 0.3 is 0 Å². The van der Waals surface area contributed by atoms with Crippen LogP contribution in [0.1, 0.15) is 34.7 Å². The van der Waals surface area contributed by atoms with Gasteiger partial charge in [0.1, 0.15) is 0 Å². The van der Waals surface area contributed by atoms with Crippen LogP contribution < -0.4 is 5.32 Å². The molecule has 6 heteroatoms. The zero-order chi connectivity index (χ0) is 19.1. The van der Waals surface area contributed by atoms with Gasteiger partial charge in [0.2, 0.25) is 0 Å². The highest BCUT2D eigenvalue weighted by molar-refractivity contribution is 9.10. The second kappa shape index (κ2) is 7.09. The lowest BCUT2D eigenvalue weighted by Crippen LogP contribution is -2.25. The van der Waals surface area contributed by atoms with Crippen molar-refractivity contribution in [1.29, 1.82) is 0 Å². The minimum atomic E-state index is 0.0302. The van der Waals surface area contributed by atoms with Crippen LogP contribution in [0.2, 0.25) is 0 Å². The van der Waals surface area contributed by atoms with Crippen molar-refractivity contribution in [2.24, 2.45) is 0 Å². The summed E-state index contributed by atoms with van der Waals surface area (Å²) in [4.78, 5) is 6.71. The average Bonchev–Trinajstić information content (AvgIpc) is 3.12. The molecule has 0 aliphatic carbocycles. The molecule has 0 radical (unpaired) electrons. The van der Waals surface area contributed by atoms with Gasteiger partial charge in [-0.3, -0.25) is 4.98 Å². The van der Waals surface area contributed by atoms with Crippen LogP contribution in [0.3, 0.4) is 0 Å². The third kappa shape index (κ3) is 3.17. The molecule has 0 spiro atoms. The molecule has 1 saturated heterocycles. The number of benzene rings is 1. The van der Waals surface area contributed by atoms with Crippen LogP contribution in [-0.2, 0) is 0 Å². The maximum atomic E-state index is 5.56. The van der Waals surface area contributed by atoms with E-state index in [1.807, 2.05) is 18.3 Å². The Labute approximate surface area is 173 Å². The van der Waals surface area contributed by atoms with Crippen molar-refractivity contribution in [1.82, 2.24) is 19.8 Å². The number of pyridine rings is 1. The van der Waals surface area contributed by atoms with Gasteiger partial charge in [-0.15, -0.1) is 0 Å². The molecule has 138 valence electrons. The summed E-state index contributed by atoms with van der Waals surface area (Å²) in [6.07, 6.45) is 1.83. The number of nitrogens with zero attached hydrogens (tertiary/aromatic N) is 3. The topological polar surface area (TPSA) is 33.1 Å². The lowest BCUT2D eigenvalue weighted by atomic mass is 9.97. The van der Waals surface area contributed by atoms with Crippen LogP contribution in [0.15, 0.2) is 59.2 Å². The minimum Gasteiger partial charge on any atom is -0.352 e. The molecule has 2 aromatic heterocycles. The second-order valence-electron chi connectivity index (χ2n) is 6.88. The SMILES string of the molecule is Cc1cc(C2C(c3ccccn3)NC(=S)N2C)c(C)n1-c1ccc(Br)cc1. The van der Waals surface area contributed by atoms with Gasteiger partial charge < -0.3 is 14.8 Å². The molecular formula is C21H21BrN4S. The Balaban J connectivity index is 1.81. The zero-order valence-electron chi connectivity index (χ0n) is 15.5. The Morgan fingerprint density at radius 3 is 2.52 bits per heavy atom. The number of hydrogen-bond acceptors (Lipinski definition) is 2. The summed E-state index contributed by atoms with van der Waals surface area (Å²) in [6.45, 7) is 4.32. The normalized spacial score (nSPS) is 19.4. The molecule has 1 N–H and O–H groups in total. The maximum Gasteiger partial charge on any atom is 0.169 e. The van der Waals surface area contributed by atoms with E-state index >= 15 is 0 Å². The van der Waals surface area contributed by atoms with Crippen molar-refractivity contribution in [2.75, 3.05) is 7.05 Å². The number of aryl methyl sites for hydroxylation is 1. The lowest BCUT2D eigenvalue weighted by molar-refractivity contribution is 0.367. The molecule has 3 heterocycles. The van der Waals surface area contributed by atoms with Gasteiger partial charge in [-0.05, 0) is 74.1 Å². The molecule has 2 unspecified atom stereocenters. The van der Waals surface area contributed by atoms with Crippen LogP contribution in [0.4, 0.5) is 0 Å². The predicted molar refractivity (Wildman–Crippen MR) is 116 cm³/mol. The Morgan fingerprint density at radius 2 is 1.85 bits per heavy atom. The van der Waals surface area contributed by atoms with E-state index < -0.39 is 0 Å². The molecule has 1 aliphatic heterocycles. The second-order valence-corrected chi connectivity index (χ2v) is 8.18. The van der Waals surface area contributed by atoms with Gasteiger partial charge in [0, 0.05) is 34.8 Å². The van der Waals surface area contributed by atoms with Crippen molar-refractivity contribution < 1.29 is 0 Å². The summed E-state index contributed by atoms with van der Waals surface area (Å²) < 4.78 is 3.38. The van der Waals surface area contributed by atoms with Crippen molar-refractivity contribution in [3.63, 3.8) is 0 Å². The van der Waals surface area contributed by atoms with E-state index in [-0.39, 0.29) is 12.1 Å². The molecule has 1 fully saturated rings. The van der Waals surface area contributed by atoms with Crippen molar-refractivity contribution in [2.45, 2.75) is 25.9 Å². The predicted octanol–water partition coefficient (Wildman–Crippen LogP) is 4.85. The highest BCUT2D eigenvalue weighted by atomic mass is 79.9. The Bertz CT molecular complexity index is 981. The largest absolute Gasteiger partial charge is 0.352 e. The number of hydrogen-bond donors (Lipinski definition) is 1. The van der Waals surface area contributed by atoms with Crippen LogP contribution >= 0.6 is 28.1 Å². The lowest BCUT2D eigenvalue weighted by Gasteiger charge is -2.24. The number of halogens is 1. The molecule has 3 aromatic rings. The van der Waals surface area contributed by atoms with E-state index in [4.69, 9.17) is 12.2 Å². The summed E-state index contributed by atoms with van der Waals surface area (Å²) in [5, 5.41) is 4.20. The van der Waals surface area contributed by atoms with E-state index in [9.17, 15) is 0 Å². The van der Waals surface area contributed by atoms with Crippen LogP contribution in [0, 0.1) is 13.8 Å². The Hall–Kier alpha value is -2.18. The van der Waals surface area contributed by atoms with Crippen LogP contribution in [0.25, 0.3) is 5.69 Å². The molecule has 0 amide bonds. The summed E-state index contributed by atoms with van der Waals surface area (Å²) in [5.74, 6) is 0. The van der Waals surface area contributed by atoms with Crippen molar-refractivity contribution in [3.8, 4) is 5.69 Å². The van der Waals surface area contributed by atoms with Gasteiger partial charge in [-0.1, -0.05) is 22.0 Å². The smallest absolute Gasteiger partial charge is 0.169 e. The molecule has 1 aliphatic rings. The third-order valence-electron chi connectivity index (χ3n) is 5.21. The summed E-state index contributed by atoms with van der Waals surface area (Å²) in [6, 6.07) is 16.8. The standard InChI is InChI=1S/C21H21BrN4S/c1-13-12-17(14(2)26(13)16-9-7-15(22)8-10-16)20-19(24-21(27)25(20)3)18-6-4-5-11-23-18/h4-12,19-20H,1-3H3,(H,24,27). The molecule has 4 nitrogen and oxygen atoms in total. The monoisotopic (exact) mass is 440 g/mol. The molecule has 0 bridgehead atoms. The fourth-order valence-electron chi connectivity index (χ4n) is 3.92. The molecule has 27 heavy (non-hydrogen) atoms. The first-order valence-corrected chi connectivity index (χ1v) is 10.1. The summed E-state index contributed by atoms with van der Waals surface area (Å²) in [7, 11) is 2.05. The van der Waals surface area contributed by atoms with E-state index in [2.05, 4.69) is 93.0 Å². The van der Waals surface area contributed by atoms with E-state index in [1.54, 1.807) is 0 Å². The number of aromatic nitrogens is 2. The van der Waals surface area contributed by atoms with Crippen molar-refractivity contribution in [3.05, 3.63) is 81.8 Å². The quantitative estimate of drug-likeness (QED) is 0.589. The van der Waals surface area contributed by atoms with E-state index in [0.717, 1.165) is 21.0 Å². The van der Waals surface area contributed by atoms with Crippen molar-refractivity contribution >= 4 is 33.3 Å². The van der Waals surface area contributed by atoms with Gasteiger partial charge in [0.15, 0.2) is 5.11 Å². The molecular weight excluding hydrogens is 420 g/mol. The molecule has 0 saturated carbocycles. The minimum absolute atomic E-state index is 0.0302. The Kier molecular flexibility index (Phi) is 4.78. The molecule has 2 atom stereocenters. The van der Waals surface area contributed by atoms with E-state index in [0.29, 0.717) is 0 Å². The first-order valence-electron chi connectivity index (χ1n) is 8.86.